The molecule has 3 rings (SSSR count). The van der Waals surface area contributed by atoms with Crippen LogP contribution < -0.4 is 5.32 Å². The molecule has 3 saturated carbocycles. The maximum absolute atomic E-state index is 3.70. The third kappa shape index (κ3) is 2.21. The molecule has 0 aromatic heterocycles. The van der Waals surface area contributed by atoms with Crippen LogP contribution in [0.3, 0.4) is 0 Å². The van der Waals surface area contributed by atoms with E-state index in [1.807, 2.05) is 0 Å². The van der Waals surface area contributed by atoms with Crippen LogP contribution >= 0.6 is 0 Å². The van der Waals surface area contributed by atoms with Crippen molar-refractivity contribution in [2.24, 2.45) is 5.92 Å². The number of hydrogen-bond donors (Lipinski definition) is 1. The molecule has 0 spiro atoms. The van der Waals surface area contributed by atoms with E-state index >= 15 is 0 Å². The first kappa shape index (κ1) is 10.1. The van der Waals surface area contributed by atoms with Gasteiger partial charge >= 0.3 is 0 Å². The predicted molar refractivity (Wildman–Crippen MR) is 62.9 cm³/mol. The molecule has 0 aromatic carbocycles. The molecule has 86 valence electrons. The molecule has 0 aromatic rings. The van der Waals surface area contributed by atoms with Crippen molar-refractivity contribution in [1.29, 1.82) is 0 Å². The first-order valence-electron chi connectivity index (χ1n) is 6.87. The third-order valence-corrected chi connectivity index (χ3v) is 4.43. The van der Waals surface area contributed by atoms with Gasteiger partial charge in [0.25, 0.3) is 0 Å². The highest BCUT2D eigenvalue weighted by Gasteiger charge is 2.41. The second kappa shape index (κ2) is 4.06. The van der Waals surface area contributed by atoms with Crippen LogP contribution in [-0.4, -0.2) is 36.1 Å². The Labute approximate surface area is 93.4 Å². The zero-order valence-electron chi connectivity index (χ0n) is 9.91. The molecular formula is C13H24N2. The third-order valence-electron chi connectivity index (χ3n) is 4.43. The molecule has 2 unspecified atom stereocenters. The summed E-state index contributed by atoms with van der Waals surface area (Å²) in [6.45, 7) is 4.90. The summed E-state index contributed by atoms with van der Waals surface area (Å²) in [6.07, 6.45) is 8.71. The van der Waals surface area contributed by atoms with Gasteiger partial charge < -0.3 is 5.32 Å². The Bertz CT molecular complexity index is 221. The fourth-order valence-electron chi connectivity index (χ4n) is 3.00. The van der Waals surface area contributed by atoms with Gasteiger partial charge in [0.15, 0.2) is 0 Å². The van der Waals surface area contributed by atoms with Crippen molar-refractivity contribution >= 4 is 0 Å². The highest BCUT2D eigenvalue weighted by molar-refractivity contribution is 4.97. The fraction of sp³-hybridized carbons (Fsp3) is 1.00. The molecule has 3 aliphatic carbocycles. The highest BCUT2D eigenvalue weighted by Crippen LogP contribution is 2.38. The Morgan fingerprint density at radius 2 is 1.87 bits per heavy atom. The van der Waals surface area contributed by atoms with E-state index in [2.05, 4.69) is 17.1 Å². The lowest BCUT2D eigenvalue weighted by atomic mass is 9.78. The van der Waals surface area contributed by atoms with E-state index in [0.29, 0.717) is 0 Å². The lowest BCUT2D eigenvalue weighted by molar-refractivity contribution is 0.0592. The average Bonchev–Trinajstić information content (AvgIpc) is 3.01. The Hall–Kier alpha value is -0.0800. The minimum atomic E-state index is 0.891. The molecule has 3 aliphatic rings. The van der Waals surface area contributed by atoms with Gasteiger partial charge in [-0.1, -0.05) is 6.92 Å². The topological polar surface area (TPSA) is 15.3 Å². The Morgan fingerprint density at radius 1 is 1.07 bits per heavy atom. The summed E-state index contributed by atoms with van der Waals surface area (Å²) in [6, 6.07) is 2.78. The molecule has 0 saturated heterocycles. The van der Waals surface area contributed by atoms with Crippen LogP contribution in [0.2, 0.25) is 0 Å². The van der Waals surface area contributed by atoms with Crippen LogP contribution in [0.4, 0.5) is 0 Å². The summed E-state index contributed by atoms with van der Waals surface area (Å²) in [5.74, 6) is 0.964. The molecule has 0 bridgehead atoms. The first-order valence-corrected chi connectivity index (χ1v) is 6.87. The quantitative estimate of drug-likeness (QED) is 0.718. The summed E-state index contributed by atoms with van der Waals surface area (Å²) < 4.78 is 0. The van der Waals surface area contributed by atoms with Crippen molar-refractivity contribution in [3.63, 3.8) is 0 Å². The monoisotopic (exact) mass is 208 g/mol. The number of nitrogens with zero attached hydrogens (tertiary/aromatic N) is 1. The fourth-order valence-corrected chi connectivity index (χ4v) is 3.00. The largest absolute Gasteiger partial charge is 0.314 e. The van der Waals surface area contributed by atoms with Gasteiger partial charge in [0.1, 0.15) is 0 Å². The van der Waals surface area contributed by atoms with Crippen molar-refractivity contribution < 1.29 is 0 Å². The van der Waals surface area contributed by atoms with E-state index in [9.17, 15) is 0 Å². The van der Waals surface area contributed by atoms with Gasteiger partial charge in [-0.3, -0.25) is 4.90 Å². The van der Waals surface area contributed by atoms with Gasteiger partial charge in [0, 0.05) is 18.1 Å². The Kier molecular flexibility index (Phi) is 2.73. The van der Waals surface area contributed by atoms with Crippen molar-refractivity contribution in [1.82, 2.24) is 10.2 Å². The van der Waals surface area contributed by atoms with Gasteiger partial charge in [0.05, 0.1) is 0 Å². The minimum Gasteiger partial charge on any atom is -0.314 e. The maximum Gasteiger partial charge on any atom is 0.0139 e. The van der Waals surface area contributed by atoms with Gasteiger partial charge in [-0.25, -0.2) is 0 Å². The Balaban J connectivity index is 1.47. The second-order valence-corrected chi connectivity index (χ2v) is 5.65. The normalized spacial score (nSPS) is 35.6. The summed E-state index contributed by atoms with van der Waals surface area (Å²) in [5, 5.41) is 3.70. The molecule has 0 radical (unpaired) electrons. The van der Waals surface area contributed by atoms with Crippen molar-refractivity contribution in [2.75, 3.05) is 13.1 Å². The van der Waals surface area contributed by atoms with Crippen molar-refractivity contribution in [3.05, 3.63) is 0 Å². The van der Waals surface area contributed by atoms with Crippen molar-refractivity contribution in [3.8, 4) is 0 Å². The average molecular weight is 208 g/mol. The van der Waals surface area contributed by atoms with E-state index < -0.39 is 0 Å². The van der Waals surface area contributed by atoms with Gasteiger partial charge in [-0.15, -0.1) is 0 Å². The standard InChI is InChI=1S/C13H24N2/c1-2-15(12-6-7-12)13-8-3-10(13)9-14-11-4-5-11/h10-14H,2-9H2,1H3. The number of hydrogen-bond acceptors (Lipinski definition) is 2. The number of rotatable bonds is 6. The molecule has 2 atom stereocenters. The summed E-state index contributed by atoms with van der Waals surface area (Å²) in [7, 11) is 0. The van der Waals surface area contributed by atoms with Gasteiger partial charge in [-0.05, 0) is 57.5 Å². The second-order valence-electron chi connectivity index (χ2n) is 5.65. The lowest BCUT2D eigenvalue weighted by Crippen LogP contribution is -2.51. The van der Waals surface area contributed by atoms with E-state index in [1.165, 1.54) is 51.6 Å². The molecule has 0 amide bonds. The smallest absolute Gasteiger partial charge is 0.0139 e. The molecule has 0 aliphatic heterocycles. The predicted octanol–water partition coefficient (Wildman–Crippen LogP) is 2.00. The van der Waals surface area contributed by atoms with Crippen LogP contribution in [0.1, 0.15) is 45.4 Å². The van der Waals surface area contributed by atoms with E-state index in [4.69, 9.17) is 0 Å². The van der Waals surface area contributed by atoms with Crippen LogP contribution in [0, 0.1) is 5.92 Å². The SMILES string of the molecule is CCN(C1CC1)C1CCC1CNC1CC1. The highest BCUT2D eigenvalue weighted by atomic mass is 15.2. The van der Waals surface area contributed by atoms with E-state index in [-0.39, 0.29) is 0 Å². The number of nitrogens with one attached hydrogen (secondary N) is 1. The molecule has 3 fully saturated rings. The first-order chi connectivity index (χ1) is 7.38. The van der Waals surface area contributed by atoms with Crippen LogP contribution in [0.25, 0.3) is 0 Å². The molecule has 1 N–H and O–H groups in total. The maximum atomic E-state index is 3.70. The molecule has 0 heterocycles. The molecule has 2 nitrogen and oxygen atoms in total. The van der Waals surface area contributed by atoms with Gasteiger partial charge in [0.2, 0.25) is 0 Å². The molecule has 2 heteroatoms. The van der Waals surface area contributed by atoms with Crippen LogP contribution in [-0.2, 0) is 0 Å². The molecular weight excluding hydrogens is 184 g/mol. The van der Waals surface area contributed by atoms with E-state index in [1.54, 1.807) is 0 Å². The zero-order chi connectivity index (χ0) is 10.3. The summed E-state index contributed by atoms with van der Waals surface area (Å²) >= 11 is 0. The van der Waals surface area contributed by atoms with Crippen molar-refractivity contribution in [2.45, 2.75) is 63.6 Å². The van der Waals surface area contributed by atoms with Crippen LogP contribution in [0.15, 0.2) is 0 Å². The zero-order valence-corrected chi connectivity index (χ0v) is 9.91. The minimum absolute atomic E-state index is 0.891. The van der Waals surface area contributed by atoms with Gasteiger partial charge in [-0.2, -0.15) is 0 Å². The Morgan fingerprint density at radius 3 is 2.33 bits per heavy atom. The molecule has 15 heavy (non-hydrogen) atoms. The summed E-state index contributed by atoms with van der Waals surface area (Å²) in [5.41, 5.74) is 0. The lowest BCUT2D eigenvalue weighted by Gasteiger charge is -2.44. The van der Waals surface area contributed by atoms with E-state index in [0.717, 1.165) is 24.0 Å². The summed E-state index contributed by atoms with van der Waals surface area (Å²) in [4.78, 5) is 2.78. The van der Waals surface area contributed by atoms with Crippen LogP contribution in [0.5, 0.6) is 0 Å².